The number of amides is 1. The van der Waals surface area contributed by atoms with E-state index in [4.69, 9.17) is 4.74 Å². The smallest absolute Gasteiger partial charge is 0.271 e. The fourth-order valence-corrected chi connectivity index (χ4v) is 5.36. The number of ether oxygens (including phenoxy) is 1. The van der Waals surface area contributed by atoms with Crippen molar-refractivity contribution < 1.29 is 9.53 Å². The number of anilines is 1. The summed E-state index contributed by atoms with van der Waals surface area (Å²) in [6.45, 7) is 0. The lowest BCUT2D eigenvalue weighted by atomic mass is 9.89. The summed E-state index contributed by atoms with van der Waals surface area (Å²) in [5.74, 6) is 0.674. The summed E-state index contributed by atoms with van der Waals surface area (Å²) in [4.78, 5) is 17.5. The van der Waals surface area contributed by atoms with Crippen LogP contribution in [0.5, 0.6) is 5.75 Å². The van der Waals surface area contributed by atoms with Gasteiger partial charge >= 0.3 is 0 Å². The molecule has 2 atom stereocenters. The second kappa shape index (κ2) is 9.32. The number of carbonyl (C=O) groups excluding carboxylic acids is 1. The largest absolute Gasteiger partial charge is 0.478 e. The van der Waals surface area contributed by atoms with E-state index in [1.807, 2.05) is 83.8 Å². The van der Waals surface area contributed by atoms with Gasteiger partial charge in [0.15, 0.2) is 0 Å². The molecule has 0 aliphatic carbocycles. The van der Waals surface area contributed by atoms with E-state index in [0.717, 1.165) is 26.9 Å². The number of carbonyl (C=O) groups is 1. The first-order valence-corrected chi connectivity index (χ1v) is 12.4. The number of fused-ring (bicyclic) bond motifs is 1. The van der Waals surface area contributed by atoms with Gasteiger partial charge in [-0.15, -0.1) is 0 Å². The lowest BCUT2D eigenvalue weighted by molar-refractivity contribution is -0.135. The second-order valence-electron chi connectivity index (χ2n) is 8.52. The van der Waals surface area contributed by atoms with Gasteiger partial charge in [0.25, 0.3) is 5.91 Å². The fraction of sp³-hybridized carbons (Fsp3) is 0.0645. The Morgan fingerprint density at radius 2 is 1.26 bits per heavy atom. The van der Waals surface area contributed by atoms with Crippen LogP contribution in [0.1, 0.15) is 11.6 Å². The predicted octanol–water partition coefficient (Wildman–Crippen LogP) is 7.53. The monoisotopic (exact) mass is 473 g/mol. The maximum atomic E-state index is 13.4. The van der Waals surface area contributed by atoms with Gasteiger partial charge in [-0.3, -0.25) is 9.69 Å². The minimum absolute atomic E-state index is 0.0320. The summed E-state index contributed by atoms with van der Waals surface area (Å²) in [6, 6.07) is 42.5. The molecule has 1 aliphatic rings. The van der Waals surface area contributed by atoms with Crippen LogP contribution in [0.15, 0.2) is 137 Å². The zero-order chi connectivity index (χ0) is 23.6. The second-order valence-corrected chi connectivity index (χ2v) is 9.67. The van der Waals surface area contributed by atoms with Crippen LogP contribution < -0.4 is 9.64 Å². The van der Waals surface area contributed by atoms with E-state index in [2.05, 4.69) is 48.5 Å². The molecule has 6 rings (SSSR count). The normalized spacial score (nSPS) is 17.3. The van der Waals surface area contributed by atoms with E-state index in [0.29, 0.717) is 5.75 Å². The van der Waals surface area contributed by atoms with Crippen LogP contribution in [-0.2, 0) is 4.79 Å². The Balaban J connectivity index is 1.27. The molecule has 4 heteroatoms. The number of hydrogen-bond acceptors (Lipinski definition) is 3. The molecule has 35 heavy (non-hydrogen) atoms. The lowest BCUT2D eigenvalue weighted by Crippen LogP contribution is -2.61. The molecule has 1 aliphatic heterocycles. The molecular weight excluding hydrogens is 450 g/mol. The van der Waals surface area contributed by atoms with Gasteiger partial charge in [-0.1, -0.05) is 90.6 Å². The Bertz CT molecular complexity index is 1470. The standard InChI is InChI=1S/C31H23NO2S/c33-31-30(34-26-18-15-22-9-7-8-12-24(22)21-26)29(23-10-3-1-4-11-23)32(31)25-16-19-28(20-17-25)35-27-13-5-2-6-14-27/h1-21,29-30H. The Morgan fingerprint density at radius 1 is 0.629 bits per heavy atom. The van der Waals surface area contributed by atoms with Gasteiger partial charge in [-0.2, -0.15) is 0 Å². The first kappa shape index (κ1) is 21.5. The maximum absolute atomic E-state index is 13.4. The van der Waals surface area contributed by atoms with Gasteiger partial charge < -0.3 is 4.74 Å². The van der Waals surface area contributed by atoms with Crippen LogP contribution in [0.2, 0.25) is 0 Å². The van der Waals surface area contributed by atoms with Crippen molar-refractivity contribution in [3.63, 3.8) is 0 Å². The Hall–Kier alpha value is -4.02. The average Bonchev–Trinajstić information content (AvgIpc) is 2.92. The zero-order valence-electron chi connectivity index (χ0n) is 19.0. The van der Waals surface area contributed by atoms with Crippen LogP contribution in [-0.4, -0.2) is 12.0 Å². The summed E-state index contributed by atoms with van der Waals surface area (Å²) in [5.41, 5.74) is 1.93. The summed E-state index contributed by atoms with van der Waals surface area (Å²) in [7, 11) is 0. The molecule has 0 spiro atoms. The molecule has 0 radical (unpaired) electrons. The predicted molar refractivity (Wildman–Crippen MR) is 142 cm³/mol. The van der Waals surface area contributed by atoms with Gasteiger partial charge in [0, 0.05) is 15.5 Å². The molecule has 0 saturated carbocycles. The average molecular weight is 474 g/mol. The number of benzene rings is 5. The van der Waals surface area contributed by atoms with E-state index < -0.39 is 6.10 Å². The van der Waals surface area contributed by atoms with Crippen LogP contribution >= 0.6 is 11.8 Å². The molecule has 1 amide bonds. The van der Waals surface area contributed by atoms with E-state index >= 15 is 0 Å². The summed E-state index contributed by atoms with van der Waals surface area (Å²) >= 11 is 1.71. The SMILES string of the molecule is O=C1C(Oc2ccc3ccccc3c2)C(c2ccccc2)N1c1ccc(Sc2ccccc2)cc1. The van der Waals surface area contributed by atoms with Gasteiger partial charge in [-0.05, 0) is 64.9 Å². The number of hydrogen-bond donors (Lipinski definition) is 0. The highest BCUT2D eigenvalue weighted by Crippen LogP contribution is 2.42. The van der Waals surface area contributed by atoms with E-state index in [9.17, 15) is 4.79 Å². The maximum Gasteiger partial charge on any atom is 0.271 e. The van der Waals surface area contributed by atoms with Crippen molar-refractivity contribution in [2.24, 2.45) is 0 Å². The van der Waals surface area contributed by atoms with Gasteiger partial charge in [0.1, 0.15) is 11.8 Å². The molecule has 0 N–H and O–H groups in total. The minimum atomic E-state index is -0.572. The van der Waals surface area contributed by atoms with E-state index in [-0.39, 0.29) is 11.9 Å². The molecule has 5 aromatic carbocycles. The molecule has 170 valence electrons. The first-order chi connectivity index (χ1) is 17.3. The lowest BCUT2D eigenvalue weighted by Gasteiger charge is -2.46. The van der Waals surface area contributed by atoms with Crippen molar-refractivity contribution in [3.05, 3.63) is 133 Å². The van der Waals surface area contributed by atoms with Crippen LogP contribution in [0.3, 0.4) is 0 Å². The summed E-state index contributed by atoms with van der Waals surface area (Å²) in [5, 5.41) is 2.24. The van der Waals surface area contributed by atoms with Crippen LogP contribution in [0.4, 0.5) is 5.69 Å². The minimum Gasteiger partial charge on any atom is -0.478 e. The highest BCUT2D eigenvalue weighted by atomic mass is 32.2. The fourth-order valence-electron chi connectivity index (χ4n) is 4.53. The molecular formula is C31H23NO2S. The van der Waals surface area contributed by atoms with E-state index in [1.165, 1.54) is 4.90 Å². The van der Waals surface area contributed by atoms with Crippen molar-refractivity contribution in [1.29, 1.82) is 0 Å². The van der Waals surface area contributed by atoms with Crippen LogP contribution in [0, 0.1) is 0 Å². The third-order valence-electron chi connectivity index (χ3n) is 6.26. The Labute approximate surface area is 209 Å². The van der Waals surface area contributed by atoms with Gasteiger partial charge in [0.2, 0.25) is 6.10 Å². The molecule has 2 unspecified atom stereocenters. The molecule has 1 heterocycles. The summed E-state index contributed by atoms with van der Waals surface area (Å²) < 4.78 is 6.30. The van der Waals surface area contributed by atoms with Crippen molar-refractivity contribution in [1.82, 2.24) is 0 Å². The van der Waals surface area contributed by atoms with Crippen molar-refractivity contribution in [2.45, 2.75) is 21.9 Å². The van der Waals surface area contributed by atoms with Crippen molar-refractivity contribution in [2.75, 3.05) is 4.90 Å². The Kier molecular flexibility index (Phi) is 5.73. The Morgan fingerprint density at radius 3 is 2.00 bits per heavy atom. The molecule has 5 aromatic rings. The van der Waals surface area contributed by atoms with Crippen LogP contribution in [0.25, 0.3) is 10.8 Å². The number of β-lactam (4-membered cyclic amide) rings is 1. The van der Waals surface area contributed by atoms with E-state index in [1.54, 1.807) is 11.8 Å². The molecule has 1 fully saturated rings. The molecule has 3 nitrogen and oxygen atoms in total. The van der Waals surface area contributed by atoms with Gasteiger partial charge in [-0.25, -0.2) is 0 Å². The molecule has 1 saturated heterocycles. The zero-order valence-corrected chi connectivity index (χ0v) is 19.8. The van der Waals surface area contributed by atoms with Gasteiger partial charge in [0.05, 0.1) is 0 Å². The first-order valence-electron chi connectivity index (χ1n) is 11.6. The highest BCUT2D eigenvalue weighted by molar-refractivity contribution is 7.99. The number of rotatable bonds is 6. The van der Waals surface area contributed by atoms with Crippen molar-refractivity contribution in [3.8, 4) is 5.75 Å². The third-order valence-corrected chi connectivity index (χ3v) is 7.28. The quantitative estimate of drug-likeness (QED) is 0.239. The summed E-state index contributed by atoms with van der Waals surface area (Å²) in [6.07, 6.45) is -0.572. The third kappa shape index (κ3) is 4.29. The topological polar surface area (TPSA) is 29.5 Å². The highest BCUT2D eigenvalue weighted by Gasteiger charge is 2.51. The number of nitrogens with zero attached hydrogens (tertiary/aromatic N) is 1. The van der Waals surface area contributed by atoms with Crippen molar-refractivity contribution >= 4 is 34.1 Å². The molecule has 0 aromatic heterocycles. The molecule has 0 bridgehead atoms.